The van der Waals surface area contributed by atoms with Crippen LogP contribution in [0.2, 0.25) is 0 Å². The van der Waals surface area contributed by atoms with Crippen LogP contribution in [0.4, 0.5) is 5.69 Å². The van der Waals surface area contributed by atoms with Crippen molar-refractivity contribution in [2.45, 2.75) is 0 Å². The van der Waals surface area contributed by atoms with Crippen LogP contribution in [0.1, 0.15) is 5.76 Å². The quantitative estimate of drug-likeness (QED) is 0.145. The molecule has 3 aromatic rings. The number of para-hydroxylation sites is 1. The Bertz CT molecular complexity index is 1200. The number of rotatable bonds is 5. The van der Waals surface area contributed by atoms with Gasteiger partial charge in [0.05, 0.1) is 5.69 Å². The van der Waals surface area contributed by atoms with Gasteiger partial charge in [-0.2, -0.15) is 0 Å². The minimum Gasteiger partial charge on any atom is -0.457 e. The van der Waals surface area contributed by atoms with Crippen molar-refractivity contribution in [2.24, 2.45) is 0 Å². The third-order valence-electron chi connectivity index (χ3n) is 4.70. The molecule has 0 bridgehead atoms. The lowest BCUT2D eigenvalue weighted by atomic mass is 10.1. The molecule has 0 aliphatic carbocycles. The first kappa shape index (κ1) is 21.2. The molecule has 0 atom stereocenters. The zero-order valence-corrected chi connectivity index (χ0v) is 19.3. The predicted octanol–water partition coefficient (Wildman–Crippen LogP) is 5.28. The standard InChI is InChI=1S/C24H17IN2O3S/c1-2-14-26-22(28)20(23(29)27(24(26)31)18-6-4-3-5-7-18)15-19-12-13-21(30-19)16-8-10-17(25)11-9-16/h2-13,15H,1,14H2/b20-15+. The molecule has 1 aliphatic rings. The lowest BCUT2D eigenvalue weighted by Crippen LogP contribution is -2.56. The zero-order valence-electron chi connectivity index (χ0n) is 16.3. The maximum Gasteiger partial charge on any atom is 0.270 e. The van der Waals surface area contributed by atoms with Crippen molar-refractivity contribution >= 4 is 63.5 Å². The summed E-state index contributed by atoms with van der Waals surface area (Å²) in [5, 5.41) is 0.122. The number of benzene rings is 2. The van der Waals surface area contributed by atoms with Gasteiger partial charge < -0.3 is 4.42 Å². The number of carbonyl (C=O) groups is 2. The summed E-state index contributed by atoms with van der Waals surface area (Å²) >= 11 is 7.69. The fourth-order valence-corrected chi connectivity index (χ4v) is 3.92. The largest absolute Gasteiger partial charge is 0.457 e. The summed E-state index contributed by atoms with van der Waals surface area (Å²) in [6, 6.07) is 20.4. The number of hydrogen-bond acceptors (Lipinski definition) is 4. The lowest BCUT2D eigenvalue weighted by Gasteiger charge is -2.36. The molecule has 2 heterocycles. The molecule has 0 N–H and O–H groups in total. The van der Waals surface area contributed by atoms with E-state index in [0.29, 0.717) is 17.2 Å². The summed E-state index contributed by atoms with van der Waals surface area (Å²) in [5.74, 6) is 0.0880. The van der Waals surface area contributed by atoms with E-state index in [1.54, 1.807) is 24.3 Å². The Labute approximate surface area is 198 Å². The molecular formula is C24H17IN2O3S. The Kier molecular flexibility index (Phi) is 6.15. The average Bonchev–Trinajstić information content (AvgIpc) is 3.24. The van der Waals surface area contributed by atoms with Crippen molar-refractivity contribution in [3.8, 4) is 11.3 Å². The first-order valence-electron chi connectivity index (χ1n) is 9.43. The van der Waals surface area contributed by atoms with Gasteiger partial charge in [0.1, 0.15) is 17.1 Å². The van der Waals surface area contributed by atoms with Crippen LogP contribution in [-0.4, -0.2) is 28.4 Å². The normalized spacial score (nSPS) is 15.6. The van der Waals surface area contributed by atoms with Crippen molar-refractivity contribution in [2.75, 3.05) is 11.4 Å². The molecule has 7 heteroatoms. The van der Waals surface area contributed by atoms with Crippen LogP contribution in [0.5, 0.6) is 0 Å². The van der Waals surface area contributed by atoms with Gasteiger partial charge in [-0.1, -0.05) is 36.4 Å². The monoisotopic (exact) mass is 540 g/mol. The zero-order chi connectivity index (χ0) is 22.0. The van der Waals surface area contributed by atoms with Crippen LogP contribution in [0.15, 0.2) is 89.4 Å². The summed E-state index contributed by atoms with van der Waals surface area (Å²) in [7, 11) is 0. The van der Waals surface area contributed by atoms with E-state index in [2.05, 4.69) is 29.2 Å². The second-order valence-corrected chi connectivity index (χ2v) is 8.34. The summed E-state index contributed by atoms with van der Waals surface area (Å²) < 4.78 is 7.02. The number of nitrogens with zero attached hydrogens (tertiary/aromatic N) is 2. The Balaban J connectivity index is 1.73. The van der Waals surface area contributed by atoms with Crippen molar-refractivity contribution in [1.29, 1.82) is 0 Å². The Hall–Kier alpha value is -3.04. The van der Waals surface area contributed by atoms with E-state index in [1.807, 2.05) is 48.5 Å². The van der Waals surface area contributed by atoms with Gasteiger partial charge in [0.25, 0.3) is 11.8 Å². The van der Waals surface area contributed by atoms with Gasteiger partial charge in [-0.3, -0.25) is 19.4 Å². The number of thiocarbonyl (C=S) groups is 1. The molecule has 2 amide bonds. The second-order valence-electron chi connectivity index (χ2n) is 6.73. The van der Waals surface area contributed by atoms with Crippen LogP contribution >= 0.6 is 34.8 Å². The van der Waals surface area contributed by atoms with Gasteiger partial charge in [-0.05, 0) is 77.3 Å². The molecule has 5 nitrogen and oxygen atoms in total. The number of anilines is 1. The van der Waals surface area contributed by atoms with Gasteiger partial charge >= 0.3 is 0 Å². The molecule has 1 aliphatic heterocycles. The molecule has 0 saturated carbocycles. The number of furan rings is 1. The second kappa shape index (κ2) is 8.99. The summed E-state index contributed by atoms with van der Waals surface area (Å²) in [6.07, 6.45) is 3.04. The third kappa shape index (κ3) is 4.24. The Morgan fingerprint density at radius 3 is 2.35 bits per heavy atom. The van der Waals surface area contributed by atoms with Gasteiger partial charge in [-0.15, -0.1) is 6.58 Å². The molecule has 0 spiro atoms. The minimum atomic E-state index is -0.492. The van der Waals surface area contributed by atoms with Crippen LogP contribution in [0, 0.1) is 3.57 Å². The van der Waals surface area contributed by atoms with Crippen LogP contribution in [-0.2, 0) is 9.59 Å². The third-order valence-corrected chi connectivity index (χ3v) is 5.82. The predicted molar refractivity (Wildman–Crippen MR) is 133 cm³/mol. The van der Waals surface area contributed by atoms with Crippen LogP contribution in [0.3, 0.4) is 0 Å². The first-order valence-corrected chi connectivity index (χ1v) is 10.9. The molecule has 1 fully saturated rings. The highest BCUT2D eigenvalue weighted by atomic mass is 127. The van der Waals surface area contributed by atoms with Gasteiger partial charge in [0.2, 0.25) is 0 Å². The van der Waals surface area contributed by atoms with Crippen molar-refractivity contribution < 1.29 is 14.0 Å². The first-order chi connectivity index (χ1) is 15.0. The maximum absolute atomic E-state index is 13.3. The van der Waals surface area contributed by atoms with Gasteiger partial charge in [-0.25, -0.2) is 0 Å². The van der Waals surface area contributed by atoms with Crippen LogP contribution in [0.25, 0.3) is 17.4 Å². The lowest BCUT2D eigenvalue weighted by molar-refractivity contribution is -0.127. The highest BCUT2D eigenvalue weighted by molar-refractivity contribution is 14.1. The number of halogens is 1. The van der Waals surface area contributed by atoms with E-state index in [-0.39, 0.29) is 17.2 Å². The van der Waals surface area contributed by atoms with Gasteiger partial charge in [0.15, 0.2) is 5.11 Å². The molecule has 1 saturated heterocycles. The van der Waals surface area contributed by atoms with E-state index < -0.39 is 11.8 Å². The molecule has 4 rings (SSSR count). The Morgan fingerprint density at radius 1 is 0.968 bits per heavy atom. The fraction of sp³-hybridized carbons (Fsp3) is 0.0417. The van der Waals surface area contributed by atoms with E-state index in [0.717, 1.165) is 9.13 Å². The van der Waals surface area contributed by atoms with E-state index >= 15 is 0 Å². The molecule has 1 aromatic heterocycles. The fourth-order valence-electron chi connectivity index (χ4n) is 3.21. The smallest absolute Gasteiger partial charge is 0.270 e. The van der Waals surface area contributed by atoms with Crippen molar-refractivity contribution in [3.05, 3.63) is 94.3 Å². The number of amides is 2. The summed E-state index contributed by atoms with van der Waals surface area (Å²) in [6.45, 7) is 3.89. The number of hydrogen-bond donors (Lipinski definition) is 0. The minimum absolute atomic E-state index is 0.0252. The van der Waals surface area contributed by atoms with E-state index in [9.17, 15) is 9.59 Å². The summed E-state index contributed by atoms with van der Waals surface area (Å²) in [4.78, 5) is 29.0. The molecular weight excluding hydrogens is 523 g/mol. The van der Waals surface area contributed by atoms with Crippen molar-refractivity contribution in [3.63, 3.8) is 0 Å². The molecule has 0 unspecified atom stereocenters. The van der Waals surface area contributed by atoms with Crippen molar-refractivity contribution in [1.82, 2.24) is 4.90 Å². The molecule has 0 radical (unpaired) electrons. The highest BCUT2D eigenvalue weighted by Gasteiger charge is 2.40. The van der Waals surface area contributed by atoms with Gasteiger partial charge in [0, 0.05) is 15.7 Å². The Morgan fingerprint density at radius 2 is 1.68 bits per heavy atom. The van der Waals surface area contributed by atoms with Crippen LogP contribution < -0.4 is 4.90 Å². The number of carbonyl (C=O) groups excluding carboxylic acids is 2. The van der Waals surface area contributed by atoms with E-state index in [4.69, 9.17) is 16.6 Å². The molecule has 2 aromatic carbocycles. The maximum atomic E-state index is 13.3. The molecule has 154 valence electrons. The summed E-state index contributed by atoms with van der Waals surface area (Å²) in [5.41, 5.74) is 1.47. The topological polar surface area (TPSA) is 53.8 Å². The SMILES string of the molecule is C=CCN1C(=O)/C(=C\c2ccc(-c3ccc(I)cc3)o2)C(=O)N(c2ccccc2)C1=S. The highest BCUT2D eigenvalue weighted by Crippen LogP contribution is 2.28. The molecule has 31 heavy (non-hydrogen) atoms. The average molecular weight is 540 g/mol. The van der Waals surface area contributed by atoms with E-state index in [1.165, 1.54) is 15.9 Å².